The van der Waals surface area contributed by atoms with Gasteiger partial charge in [0.05, 0.1) is 0 Å². The van der Waals surface area contributed by atoms with Crippen molar-refractivity contribution in [3.63, 3.8) is 0 Å². The number of nitrogens with one attached hydrogen (secondary N) is 1. The highest BCUT2D eigenvalue weighted by Gasteiger charge is 2.74. The van der Waals surface area contributed by atoms with Gasteiger partial charge in [0.15, 0.2) is 5.78 Å². The fraction of sp³-hybridized carbons (Fsp3) is 0.824. The van der Waals surface area contributed by atoms with Gasteiger partial charge in [-0.2, -0.15) is 13.2 Å². The van der Waals surface area contributed by atoms with Crippen LogP contribution in [0, 0.1) is 17.8 Å². The van der Waals surface area contributed by atoms with E-state index in [4.69, 9.17) is 4.74 Å². The van der Waals surface area contributed by atoms with Crippen LogP contribution in [0.5, 0.6) is 0 Å². The molecule has 25 heavy (non-hydrogen) atoms. The van der Waals surface area contributed by atoms with Crippen molar-refractivity contribution in [1.29, 1.82) is 0 Å². The molecule has 3 fully saturated rings. The van der Waals surface area contributed by atoms with E-state index < -0.39 is 16.0 Å². The minimum atomic E-state index is -4.64. The molecular formula is C17H24F3NO2S2. The van der Waals surface area contributed by atoms with E-state index in [0.717, 1.165) is 11.5 Å². The standard InChI is InChI=1S/C17H24F3NO2S2/c1-8(2)21-9(3)7-23-15(17(18,19)20)12-11-10(4)13(11)16(14(12)22)24-5-6-25-16/h8-11,13,21H,5-7H2,1-4H3/b15-12-/t9?,10-,11-,13-/m1/s1. The van der Waals surface area contributed by atoms with E-state index in [1.807, 2.05) is 20.8 Å². The highest BCUT2D eigenvalue weighted by molar-refractivity contribution is 8.22. The maximum absolute atomic E-state index is 13.7. The lowest BCUT2D eigenvalue weighted by Gasteiger charge is -2.25. The molecular weight excluding hydrogens is 371 g/mol. The number of hydrogen-bond acceptors (Lipinski definition) is 5. The number of carbonyl (C=O) groups excluding carboxylic acids is 1. The average molecular weight is 396 g/mol. The minimum absolute atomic E-state index is 0.0136. The van der Waals surface area contributed by atoms with Crippen LogP contribution in [-0.2, 0) is 9.53 Å². The monoisotopic (exact) mass is 395 g/mol. The van der Waals surface area contributed by atoms with Gasteiger partial charge in [-0.3, -0.25) is 4.79 Å². The Morgan fingerprint density at radius 3 is 2.44 bits per heavy atom. The second-order valence-corrected chi connectivity index (χ2v) is 10.3. The summed E-state index contributed by atoms with van der Waals surface area (Å²) in [4.78, 5) is 12.9. The molecule has 0 radical (unpaired) electrons. The third-order valence-electron chi connectivity index (χ3n) is 5.03. The summed E-state index contributed by atoms with van der Waals surface area (Å²) >= 11 is 3.05. The molecule has 3 rings (SSSR count). The summed E-state index contributed by atoms with van der Waals surface area (Å²) in [6.45, 7) is 7.47. The van der Waals surface area contributed by atoms with Crippen LogP contribution in [-0.4, -0.2) is 46.2 Å². The molecule has 0 aromatic carbocycles. The molecule has 3 nitrogen and oxygen atoms in total. The van der Waals surface area contributed by atoms with Gasteiger partial charge in [0.25, 0.3) is 0 Å². The van der Waals surface area contributed by atoms with Crippen LogP contribution in [0.1, 0.15) is 27.7 Å². The molecule has 0 aromatic rings. The third kappa shape index (κ3) is 3.34. The van der Waals surface area contributed by atoms with Crippen molar-refractivity contribution in [2.24, 2.45) is 17.8 Å². The Bertz CT molecular complexity index is 585. The van der Waals surface area contributed by atoms with Gasteiger partial charge in [0.1, 0.15) is 10.7 Å². The van der Waals surface area contributed by atoms with Gasteiger partial charge in [-0.05, 0) is 18.8 Å². The van der Waals surface area contributed by atoms with Crippen molar-refractivity contribution in [3.8, 4) is 0 Å². The van der Waals surface area contributed by atoms with Crippen molar-refractivity contribution in [2.45, 2.75) is 50.0 Å². The molecule has 0 bridgehead atoms. The summed E-state index contributed by atoms with van der Waals surface area (Å²) in [5, 5.41) is 3.12. The lowest BCUT2D eigenvalue weighted by molar-refractivity contribution is -0.136. The molecule has 2 aliphatic carbocycles. The smallest absolute Gasteiger partial charge is 0.449 e. The molecule has 2 saturated carbocycles. The average Bonchev–Trinajstić information content (AvgIpc) is 2.86. The molecule has 0 amide bonds. The van der Waals surface area contributed by atoms with Crippen LogP contribution in [0.25, 0.3) is 0 Å². The normalized spacial score (nSPS) is 33.8. The quantitative estimate of drug-likeness (QED) is 0.566. The Morgan fingerprint density at radius 1 is 1.32 bits per heavy atom. The van der Waals surface area contributed by atoms with E-state index in [-0.39, 0.29) is 47.8 Å². The first-order valence-corrected chi connectivity index (χ1v) is 10.6. The number of halogens is 3. The third-order valence-corrected chi connectivity index (χ3v) is 8.58. The zero-order chi connectivity index (χ0) is 18.6. The number of hydrogen-bond donors (Lipinski definition) is 1. The van der Waals surface area contributed by atoms with Gasteiger partial charge in [-0.25, -0.2) is 0 Å². The number of thioether (sulfide) groups is 2. The number of alkyl halides is 3. The van der Waals surface area contributed by atoms with Crippen LogP contribution in [0.4, 0.5) is 13.2 Å². The van der Waals surface area contributed by atoms with Gasteiger partial charge in [-0.15, -0.1) is 23.5 Å². The summed E-state index contributed by atoms with van der Waals surface area (Å²) in [6.07, 6.45) is -4.64. The second kappa shape index (κ2) is 6.68. The first-order chi connectivity index (χ1) is 11.6. The molecule has 142 valence electrons. The van der Waals surface area contributed by atoms with Crippen molar-refractivity contribution in [2.75, 3.05) is 18.1 Å². The maximum atomic E-state index is 13.7. The lowest BCUT2D eigenvalue weighted by atomic mass is 10.0. The van der Waals surface area contributed by atoms with E-state index in [9.17, 15) is 18.0 Å². The molecule has 4 atom stereocenters. The maximum Gasteiger partial charge on any atom is 0.449 e. The zero-order valence-electron chi connectivity index (χ0n) is 14.8. The minimum Gasteiger partial charge on any atom is -0.487 e. The van der Waals surface area contributed by atoms with E-state index in [2.05, 4.69) is 5.32 Å². The molecule has 1 N–H and O–H groups in total. The topological polar surface area (TPSA) is 38.3 Å². The number of Topliss-reactive ketones (excluding diaryl/α,β-unsaturated/α-hetero) is 1. The number of ketones is 1. The number of carbonyl (C=O) groups is 1. The lowest BCUT2D eigenvalue weighted by Crippen LogP contribution is -2.37. The zero-order valence-corrected chi connectivity index (χ0v) is 16.4. The Hall–Kier alpha value is -0.340. The predicted molar refractivity (Wildman–Crippen MR) is 95.6 cm³/mol. The first-order valence-electron chi connectivity index (χ1n) is 8.62. The molecule has 3 aliphatic rings. The van der Waals surface area contributed by atoms with Crippen LogP contribution in [0.15, 0.2) is 11.3 Å². The Morgan fingerprint density at radius 2 is 1.92 bits per heavy atom. The Balaban J connectivity index is 1.89. The van der Waals surface area contributed by atoms with E-state index >= 15 is 0 Å². The number of fused-ring (bicyclic) bond motifs is 2. The number of ether oxygens (including phenoxy) is 1. The predicted octanol–water partition coefficient (Wildman–Crippen LogP) is 3.85. The van der Waals surface area contributed by atoms with Gasteiger partial charge < -0.3 is 10.1 Å². The molecule has 8 heteroatoms. The van der Waals surface area contributed by atoms with Crippen molar-refractivity contribution < 1.29 is 22.7 Å². The summed E-state index contributed by atoms with van der Waals surface area (Å²) < 4.78 is 45.6. The SMILES string of the molecule is CC(C)NC(C)CO/C(=C1\C(=O)C2(SCCS2)[C@@H]2[C@H](C)[C@H]12)C(F)(F)F. The number of rotatable bonds is 5. The van der Waals surface area contributed by atoms with Crippen LogP contribution < -0.4 is 5.32 Å². The Labute approximate surface area is 154 Å². The van der Waals surface area contributed by atoms with Gasteiger partial charge in [0.2, 0.25) is 5.76 Å². The fourth-order valence-electron chi connectivity index (χ4n) is 4.12. The van der Waals surface area contributed by atoms with E-state index in [1.54, 1.807) is 6.92 Å². The van der Waals surface area contributed by atoms with Crippen molar-refractivity contribution >= 4 is 29.3 Å². The van der Waals surface area contributed by atoms with E-state index in [0.29, 0.717) is 0 Å². The van der Waals surface area contributed by atoms with Crippen LogP contribution in [0.2, 0.25) is 0 Å². The van der Waals surface area contributed by atoms with Crippen LogP contribution >= 0.6 is 23.5 Å². The highest BCUT2D eigenvalue weighted by Crippen LogP contribution is 2.73. The first kappa shape index (κ1) is 19.4. The van der Waals surface area contributed by atoms with E-state index in [1.165, 1.54) is 23.5 Å². The summed E-state index contributed by atoms with van der Waals surface area (Å²) in [5.74, 6) is 0.0336. The largest absolute Gasteiger partial charge is 0.487 e. The van der Waals surface area contributed by atoms with Crippen molar-refractivity contribution in [3.05, 3.63) is 11.3 Å². The fourth-order valence-corrected chi connectivity index (χ4v) is 7.82. The summed E-state index contributed by atoms with van der Waals surface area (Å²) in [5.41, 5.74) is -0.108. The van der Waals surface area contributed by atoms with Crippen molar-refractivity contribution in [1.82, 2.24) is 5.32 Å². The molecule has 1 saturated heterocycles. The highest BCUT2D eigenvalue weighted by atomic mass is 32.2. The number of allylic oxidation sites excluding steroid dienone is 2. The van der Waals surface area contributed by atoms with Crippen LogP contribution in [0.3, 0.4) is 0 Å². The molecule has 0 aromatic heterocycles. The molecule has 1 heterocycles. The molecule has 1 aliphatic heterocycles. The van der Waals surface area contributed by atoms with Gasteiger partial charge in [-0.1, -0.05) is 20.8 Å². The molecule has 1 unspecified atom stereocenters. The van der Waals surface area contributed by atoms with Gasteiger partial charge >= 0.3 is 6.18 Å². The molecule has 1 spiro atoms. The summed E-state index contributed by atoms with van der Waals surface area (Å²) in [6, 6.07) is -0.0813. The Kier molecular flexibility index (Phi) is 5.19. The van der Waals surface area contributed by atoms with Gasteiger partial charge in [0, 0.05) is 35.1 Å². The second-order valence-electron chi connectivity index (χ2n) is 7.38. The summed E-state index contributed by atoms with van der Waals surface area (Å²) in [7, 11) is 0.